The van der Waals surface area contributed by atoms with Crippen LogP contribution in [0, 0.1) is 0 Å². The molecular formula is C16H21NS. The first kappa shape index (κ1) is 13.4. The van der Waals surface area contributed by atoms with Gasteiger partial charge in [0.15, 0.2) is 0 Å². The molecule has 1 unspecified atom stereocenters. The molecule has 0 aromatic heterocycles. The van der Waals surface area contributed by atoms with E-state index >= 15 is 0 Å². The van der Waals surface area contributed by atoms with Gasteiger partial charge in [-0.25, -0.2) is 0 Å². The van der Waals surface area contributed by atoms with Crippen molar-refractivity contribution in [2.75, 3.05) is 13.6 Å². The minimum atomic E-state index is 0.648. The van der Waals surface area contributed by atoms with Gasteiger partial charge < -0.3 is 0 Å². The Hall–Kier alpha value is -0.990. The number of nitrogens with zero attached hydrogens (tertiary/aromatic N) is 1. The van der Waals surface area contributed by atoms with Crippen LogP contribution in [0.1, 0.15) is 20.3 Å². The molecule has 1 aromatic carbocycles. The Morgan fingerprint density at radius 2 is 2.00 bits per heavy atom. The van der Waals surface area contributed by atoms with E-state index in [0.717, 1.165) is 13.0 Å². The smallest absolute Gasteiger partial charge is 0.0195 e. The number of hydrogen-bond acceptors (Lipinski definition) is 2. The maximum absolute atomic E-state index is 2.41. The van der Waals surface area contributed by atoms with E-state index in [4.69, 9.17) is 0 Å². The zero-order chi connectivity index (χ0) is 13.0. The van der Waals surface area contributed by atoms with Crippen LogP contribution in [0.3, 0.4) is 0 Å². The largest absolute Gasteiger partial charge is 0.299 e. The number of benzene rings is 1. The Bertz CT molecular complexity index is 447. The summed E-state index contributed by atoms with van der Waals surface area (Å²) in [6, 6.07) is 11.2. The van der Waals surface area contributed by atoms with E-state index in [1.807, 2.05) is 0 Å². The van der Waals surface area contributed by atoms with Gasteiger partial charge in [0.05, 0.1) is 0 Å². The summed E-state index contributed by atoms with van der Waals surface area (Å²) in [7, 11) is 2.20. The molecule has 0 radical (unpaired) electrons. The van der Waals surface area contributed by atoms with Crippen molar-refractivity contribution in [2.24, 2.45) is 0 Å². The average Bonchev–Trinajstić information content (AvgIpc) is 2.37. The minimum Gasteiger partial charge on any atom is -0.299 e. The molecule has 1 nitrogen and oxygen atoms in total. The van der Waals surface area contributed by atoms with Crippen molar-refractivity contribution in [3.05, 3.63) is 53.0 Å². The summed E-state index contributed by atoms with van der Waals surface area (Å²) in [6.45, 7) is 5.64. The molecule has 1 aliphatic heterocycles. The molecule has 0 bridgehead atoms. The lowest BCUT2D eigenvalue weighted by molar-refractivity contribution is 0.262. The summed E-state index contributed by atoms with van der Waals surface area (Å²) in [5, 5.41) is 2.21. The van der Waals surface area contributed by atoms with E-state index in [9.17, 15) is 0 Å². The molecule has 1 aliphatic rings. The molecule has 18 heavy (non-hydrogen) atoms. The SMILES string of the molecule is CC1=C(C=CSc2ccccc2)CC(C)N(C)C1. The molecule has 0 saturated heterocycles. The zero-order valence-electron chi connectivity index (χ0n) is 11.4. The summed E-state index contributed by atoms with van der Waals surface area (Å²) >= 11 is 1.79. The number of likely N-dealkylation sites (N-methyl/N-ethyl adjacent to an activating group) is 1. The van der Waals surface area contributed by atoms with Gasteiger partial charge in [-0.2, -0.15) is 0 Å². The van der Waals surface area contributed by atoms with Crippen LogP contribution in [0.15, 0.2) is 57.9 Å². The fraction of sp³-hybridized carbons (Fsp3) is 0.375. The second-order valence-electron chi connectivity index (χ2n) is 5.01. The van der Waals surface area contributed by atoms with Gasteiger partial charge >= 0.3 is 0 Å². The molecule has 96 valence electrons. The third kappa shape index (κ3) is 3.50. The third-order valence-electron chi connectivity index (χ3n) is 3.52. The summed E-state index contributed by atoms with van der Waals surface area (Å²) in [5.74, 6) is 0. The highest BCUT2D eigenvalue weighted by Gasteiger charge is 2.17. The monoisotopic (exact) mass is 259 g/mol. The van der Waals surface area contributed by atoms with Crippen molar-refractivity contribution in [3.8, 4) is 0 Å². The fourth-order valence-corrected chi connectivity index (χ4v) is 2.89. The second kappa shape index (κ2) is 6.26. The van der Waals surface area contributed by atoms with E-state index in [2.05, 4.69) is 67.6 Å². The average molecular weight is 259 g/mol. The van der Waals surface area contributed by atoms with Crippen molar-refractivity contribution in [2.45, 2.75) is 31.2 Å². The molecule has 0 spiro atoms. The second-order valence-corrected chi connectivity index (χ2v) is 5.99. The topological polar surface area (TPSA) is 3.24 Å². The lowest BCUT2D eigenvalue weighted by Gasteiger charge is -2.31. The molecule has 0 fully saturated rings. The minimum absolute atomic E-state index is 0.648. The Morgan fingerprint density at radius 1 is 1.28 bits per heavy atom. The van der Waals surface area contributed by atoms with Crippen LogP contribution in [0.25, 0.3) is 0 Å². The number of allylic oxidation sites excluding steroid dienone is 1. The van der Waals surface area contributed by atoms with E-state index in [1.165, 1.54) is 16.0 Å². The molecule has 1 aromatic rings. The molecule has 2 rings (SSSR count). The van der Waals surface area contributed by atoms with Crippen LogP contribution in [-0.2, 0) is 0 Å². The van der Waals surface area contributed by atoms with Gasteiger partial charge in [0.2, 0.25) is 0 Å². The number of rotatable bonds is 3. The molecule has 0 N–H and O–H groups in total. The number of hydrogen-bond donors (Lipinski definition) is 0. The maximum Gasteiger partial charge on any atom is 0.0195 e. The number of thioether (sulfide) groups is 1. The lowest BCUT2D eigenvalue weighted by Crippen LogP contribution is -2.34. The summed E-state index contributed by atoms with van der Waals surface area (Å²) in [5.41, 5.74) is 3.00. The first-order valence-corrected chi connectivity index (χ1v) is 7.32. The highest BCUT2D eigenvalue weighted by molar-refractivity contribution is 8.02. The Kier molecular flexibility index (Phi) is 4.67. The predicted octanol–water partition coefficient (Wildman–Crippen LogP) is 4.33. The highest BCUT2D eigenvalue weighted by atomic mass is 32.2. The lowest BCUT2D eigenvalue weighted by atomic mass is 9.96. The van der Waals surface area contributed by atoms with Crippen LogP contribution >= 0.6 is 11.8 Å². The van der Waals surface area contributed by atoms with Gasteiger partial charge in [0.1, 0.15) is 0 Å². The fourth-order valence-electron chi connectivity index (χ4n) is 2.18. The quantitative estimate of drug-likeness (QED) is 0.743. The van der Waals surface area contributed by atoms with E-state index in [-0.39, 0.29) is 0 Å². The van der Waals surface area contributed by atoms with Crippen molar-refractivity contribution >= 4 is 11.8 Å². The van der Waals surface area contributed by atoms with E-state index in [0.29, 0.717) is 6.04 Å². The molecule has 2 heteroatoms. The molecule has 0 amide bonds. The predicted molar refractivity (Wildman–Crippen MR) is 80.8 cm³/mol. The Balaban J connectivity index is 1.99. The third-order valence-corrected chi connectivity index (χ3v) is 4.34. The van der Waals surface area contributed by atoms with E-state index < -0.39 is 0 Å². The standard InChI is InChI=1S/C16H21NS/c1-13-12-17(3)14(2)11-15(13)9-10-18-16-7-5-4-6-8-16/h4-10,14H,11-12H2,1-3H3. The van der Waals surface area contributed by atoms with Crippen molar-refractivity contribution in [1.82, 2.24) is 4.90 Å². The first-order valence-electron chi connectivity index (χ1n) is 6.44. The van der Waals surface area contributed by atoms with Crippen LogP contribution in [0.5, 0.6) is 0 Å². The molecule has 1 heterocycles. The molecular weight excluding hydrogens is 238 g/mol. The first-order chi connectivity index (χ1) is 8.66. The van der Waals surface area contributed by atoms with E-state index in [1.54, 1.807) is 11.8 Å². The highest BCUT2D eigenvalue weighted by Crippen LogP contribution is 2.25. The van der Waals surface area contributed by atoms with Gasteiger partial charge in [-0.05, 0) is 50.4 Å². The van der Waals surface area contributed by atoms with Gasteiger partial charge in [-0.1, -0.05) is 41.6 Å². The van der Waals surface area contributed by atoms with Gasteiger partial charge in [0.25, 0.3) is 0 Å². The van der Waals surface area contributed by atoms with Crippen LogP contribution in [0.2, 0.25) is 0 Å². The Morgan fingerprint density at radius 3 is 2.72 bits per heavy atom. The molecule has 0 aliphatic carbocycles. The van der Waals surface area contributed by atoms with Crippen molar-refractivity contribution in [3.63, 3.8) is 0 Å². The summed E-state index contributed by atoms with van der Waals surface area (Å²) in [6.07, 6.45) is 3.45. The van der Waals surface area contributed by atoms with Crippen LogP contribution in [-0.4, -0.2) is 24.5 Å². The van der Waals surface area contributed by atoms with Crippen LogP contribution < -0.4 is 0 Å². The van der Waals surface area contributed by atoms with Gasteiger partial charge in [0, 0.05) is 17.5 Å². The summed E-state index contributed by atoms with van der Waals surface area (Å²) in [4.78, 5) is 3.71. The Labute approximate surface area is 115 Å². The maximum atomic E-state index is 2.41. The normalized spacial score (nSPS) is 21.8. The summed E-state index contributed by atoms with van der Waals surface area (Å²) < 4.78 is 0. The molecule has 0 saturated carbocycles. The molecule has 1 atom stereocenters. The van der Waals surface area contributed by atoms with Crippen molar-refractivity contribution < 1.29 is 0 Å². The van der Waals surface area contributed by atoms with Crippen molar-refractivity contribution in [1.29, 1.82) is 0 Å². The zero-order valence-corrected chi connectivity index (χ0v) is 12.2. The van der Waals surface area contributed by atoms with Gasteiger partial charge in [-0.3, -0.25) is 4.90 Å². The van der Waals surface area contributed by atoms with Crippen LogP contribution in [0.4, 0.5) is 0 Å². The van der Waals surface area contributed by atoms with Gasteiger partial charge in [-0.15, -0.1) is 0 Å².